The summed E-state index contributed by atoms with van der Waals surface area (Å²) in [4.78, 5) is 0. The van der Waals surface area contributed by atoms with Crippen LogP contribution in [-0.4, -0.2) is 6.54 Å². The van der Waals surface area contributed by atoms with E-state index in [-0.39, 0.29) is 5.02 Å². The van der Waals surface area contributed by atoms with Gasteiger partial charge in [0.15, 0.2) is 0 Å². The van der Waals surface area contributed by atoms with E-state index in [1.807, 2.05) is 12.1 Å². The molecule has 0 spiro atoms. The average Bonchev–Trinajstić information content (AvgIpc) is 2.86. The number of halogens is 2. The van der Waals surface area contributed by atoms with Crippen LogP contribution in [0, 0.1) is 11.7 Å². The van der Waals surface area contributed by atoms with Crippen molar-refractivity contribution in [2.24, 2.45) is 5.92 Å². The first-order valence-corrected chi connectivity index (χ1v) is 7.19. The van der Waals surface area contributed by atoms with E-state index in [2.05, 4.69) is 19.2 Å². The third kappa shape index (κ3) is 4.09. The normalized spacial score (nSPS) is 11.2. The molecule has 0 atom stereocenters. The highest BCUT2D eigenvalue weighted by Crippen LogP contribution is 2.26. The van der Waals surface area contributed by atoms with E-state index in [0.29, 0.717) is 18.2 Å². The lowest BCUT2D eigenvalue weighted by molar-refractivity contribution is 0.474. The molecular weight excluding hydrogens is 277 g/mol. The van der Waals surface area contributed by atoms with Crippen molar-refractivity contribution in [3.8, 4) is 11.3 Å². The van der Waals surface area contributed by atoms with E-state index < -0.39 is 5.82 Å². The van der Waals surface area contributed by atoms with E-state index in [4.69, 9.17) is 16.0 Å². The van der Waals surface area contributed by atoms with E-state index in [1.54, 1.807) is 12.1 Å². The maximum absolute atomic E-state index is 13.1. The van der Waals surface area contributed by atoms with Gasteiger partial charge in [-0.2, -0.15) is 0 Å². The summed E-state index contributed by atoms with van der Waals surface area (Å²) in [6, 6.07) is 8.39. The summed E-state index contributed by atoms with van der Waals surface area (Å²) in [5, 5.41) is 3.45. The van der Waals surface area contributed by atoms with Crippen LogP contribution in [0.4, 0.5) is 4.39 Å². The molecule has 108 valence electrons. The van der Waals surface area contributed by atoms with Gasteiger partial charge in [-0.1, -0.05) is 25.4 Å². The van der Waals surface area contributed by atoms with Crippen LogP contribution in [0.1, 0.15) is 26.0 Å². The van der Waals surface area contributed by atoms with Crippen molar-refractivity contribution in [2.75, 3.05) is 6.54 Å². The fourth-order valence-corrected chi connectivity index (χ4v) is 2.06. The lowest BCUT2D eigenvalue weighted by Crippen LogP contribution is -2.15. The number of nitrogens with one attached hydrogen (secondary N) is 1. The van der Waals surface area contributed by atoms with E-state index in [1.165, 1.54) is 6.07 Å². The molecule has 0 fully saturated rings. The zero-order chi connectivity index (χ0) is 14.5. The Bertz CT molecular complexity index is 565. The summed E-state index contributed by atoms with van der Waals surface area (Å²) in [5.74, 6) is 1.84. The highest BCUT2D eigenvalue weighted by atomic mass is 35.5. The van der Waals surface area contributed by atoms with Crippen molar-refractivity contribution in [1.29, 1.82) is 0 Å². The summed E-state index contributed by atoms with van der Waals surface area (Å²) in [5.41, 5.74) is 0.782. The molecule has 2 aromatic rings. The van der Waals surface area contributed by atoms with Crippen molar-refractivity contribution in [2.45, 2.75) is 26.8 Å². The number of hydrogen-bond acceptors (Lipinski definition) is 2. The minimum absolute atomic E-state index is 0.107. The molecule has 0 aliphatic carbocycles. The van der Waals surface area contributed by atoms with E-state index in [0.717, 1.165) is 24.3 Å². The topological polar surface area (TPSA) is 25.2 Å². The number of rotatable bonds is 6. The molecule has 0 unspecified atom stereocenters. The van der Waals surface area contributed by atoms with Crippen LogP contribution >= 0.6 is 11.6 Å². The first kappa shape index (κ1) is 15.1. The molecular formula is C16H19ClFNO. The molecule has 2 rings (SSSR count). The van der Waals surface area contributed by atoms with Gasteiger partial charge in [-0.15, -0.1) is 0 Å². The molecule has 1 heterocycles. The standard InChI is InChI=1S/C16H19ClFNO/c1-11(2)7-8-19-10-13-4-6-16(20-13)12-3-5-15(18)14(17)9-12/h3-6,9,11,19H,7-8,10H2,1-2H3. The van der Waals surface area contributed by atoms with Crippen molar-refractivity contribution < 1.29 is 8.81 Å². The first-order valence-electron chi connectivity index (χ1n) is 6.81. The van der Waals surface area contributed by atoms with E-state index >= 15 is 0 Å². The van der Waals surface area contributed by atoms with Gasteiger partial charge >= 0.3 is 0 Å². The van der Waals surface area contributed by atoms with Crippen molar-refractivity contribution in [1.82, 2.24) is 5.32 Å². The summed E-state index contributed by atoms with van der Waals surface area (Å²) >= 11 is 5.77. The largest absolute Gasteiger partial charge is 0.460 e. The number of benzene rings is 1. The molecule has 1 aromatic heterocycles. The summed E-state index contributed by atoms with van der Waals surface area (Å²) in [6.45, 7) is 6.06. The van der Waals surface area contributed by atoms with Crippen LogP contribution in [0.25, 0.3) is 11.3 Å². The monoisotopic (exact) mass is 295 g/mol. The Kier molecular flexibility index (Phi) is 5.21. The van der Waals surface area contributed by atoms with Crippen LogP contribution in [-0.2, 0) is 6.54 Å². The highest BCUT2D eigenvalue weighted by Gasteiger charge is 2.07. The van der Waals surface area contributed by atoms with Gasteiger partial charge in [-0.25, -0.2) is 4.39 Å². The van der Waals surface area contributed by atoms with Gasteiger partial charge in [0.1, 0.15) is 17.3 Å². The summed E-state index contributed by atoms with van der Waals surface area (Å²) < 4.78 is 18.8. The Hall–Kier alpha value is -1.32. The van der Waals surface area contributed by atoms with Gasteiger partial charge in [0.25, 0.3) is 0 Å². The Morgan fingerprint density at radius 1 is 1.25 bits per heavy atom. The third-order valence-electron chi connectivity index (χ3n) is 3.06. The fourth-order valence-electron chi connectivity index (χ4n) is 1.88. The van der Waals surface area contributed by atoms with Crippen LogP contribution in [0.2, 0.25) is 5.02 Å². The van der Waals surface area contributed by atoms with Gasteiger partial charge in [-0.05, 0) is 49.2 Å². The second-order valence-corrected chi connectivity index (χ2v) is 5.66. The minimum Gasteiger partial charge on any atom is -0.460 e. The quantitative estimate of drug-likeness (QED) is 0.769. The molecule has 1 N–H and O–H groups in total. The molecule has 0 bridgehead atoms. The minimum atomic E-state index is -0.419. The third-order valence-corrected chi connectivity index (χ3v) is 3.35. The van der Waals surface area contributed by atoms with Gasteiger partial charge in [0.2, 0.25) is 0 Å². The predicted molar refractivity (Wildman–Crippen MR) is 80.3 cm³/mol. The van der Waals surface area contributed by atoms with Gasteiger partial charge in [-0.3, -0.25) is 0 Å². The van der Waals surface area contributed by atoms with Crippen LogP contribution < -0.4 is 5.32 Å². The molecule has 0 saturated heterocycles. The number of hydrogen-bond donors (Lipinski definition) is 1. The average molecular weight is 296 g/mol. The molecule has 4 heteroatoms. The van der Waals surface area contributed by atoms with E-state index in [9.17, 15) is 4.39 Å². The molecule has 0 radical (unpaired) electrons. The maximum Gasteiger partial charge on any atom is 0.141 e. The Morgan fingerprint density at radius 3 is 2.75 bits per heavy atom. The van der Waals surface area contributed by atoms with Crippen molar-refractivity contribution in [3.05, 3.63) is 46.9 Å². The second-order valence-electron chi connectivity index (χ2n) is 5.25. The van der Waals surface area contributed by atoms with Gasteiger partial charge < -0.3 is 9.73 Å². The Balaban J connectivity index is 1.96. The predicted octanol–water partition coefficient (Wildman–Crippen LogP) is 4.87. The van der Waals surface area contributed by atoms with Crippen LogP contribution in [0.5, 0.6) is 0 Å². The van der Waals surface area contributed by atoms with Gasteiger partial charge in [0, 0.05) is 5.56 Å². The zero-order valence-electron chi connectivity index (χ0n) is 11.7. The lowest BCUT2D eigenvalue weighted by atomic mass is 10.1. The molecule has 2 nitrogen and oxygen atoms in total. The SMILES string of the molecule is CC(C)CCNCc1ccc(-c2ccc(F)c(Cl)c2)o1. The smallest absolute Gasteiger partial charge is 0.141 e. The maximum atomic E-state index is 13.1. The molecule has 0 aliphatic heterocycles. The Labute approximate surface area is 123 Å². The molecule has 1 aromatic carbocycles. The van der Waals surface area contributed by atoms with Gasteiger partial charge in [0.05, 0.1) is 11.6 Å². The lowest BCUT2D eigenvalue weighted by Gasteiger charge is -2.05. The fraction of sp³-hybridized carbons (Fsp3) is 0.375. The number of furan rings is 1. The summed E-state index contributed by atoms with van der Waals surface area (Å²) in [6.07, 6.45) is 1.14. The molecule has 0 aliphatic rings. The van der Waals surface area contributed by atoms with Crippen molar-refractivity contribution in [3.63, 3.8) is 0 Å². The Morgan fingerprint density at radius 2 is 2.05 bits per heavy atom. The second kappa shape index (κ2) is 6.91. The van der Waals surface area contributed by atoms with Crippen LogP contribution in [0.15, 0.2) is 34.7 Å². The molecule has 20 heavy (non-hydrogen) atoms. The first-order chi connectivity index (χ1) is 9.56. The summed E-state index contributed by atoms with van der Waals surface area (Å²) in [7, 11) is 0. The zero-order valence-corrected chi connectivity index (χ0v) is 12.5. The van der Waals surface area contributed by atoms with Crippen molar-refractivity contribution >= 4 is 11.6 Å². The van der Waals surface area contributed by atoms with Crippen LogP contribution in [0.3, 0.4) is 0 Å². The molecule has 0 saturated carbocycles. The highest BCUT2D eigenvalue weighted by molar-refractivity contribution is 6.31. The molecule has 0 amide bonds.